The van der Waals surface area contributed by atoms with Crippen molar-refractivity contribution < 1.29 is 9.53 Å². The summed E-state index contributed by atoms with van der Waals surface area (Å²) in [4.78, 5) is 10.7. The lowest BCUT2D eigenvalue weighted by molar-refractivity contribution is -0.145. The summed E-state index contributed by atoms with van der Waals surface area (Å²) < 4.78 is 5.10. The predicted molar refractivity (Wildman–Crippen MR) is 56.7 cm³/mol. The van der Waals surface area contributed by atoms with Crippen LogP contribution in [0.15, 0.2) is 0 Å². The lowest BCUT2D eigenvalue weighted by Gasteiger charge is -2.36. The number of carbonyl (C=O) groups is 1. The van der Waals surface area contributed by atoms with Crippen molar-refractivity contribution in [3.05, 3.63) is 6.92 Å². The predicted octanol–water partition coefficient (Wildman–Crippen LogP) is 2.97. The van der Waals surface area contributed by atoms with Crippen LogP contribution in [0.4, 0.5) is 0 Å². The van der Waals surface area contributed by atoms with Gasteiger partial charge in [0.25, 0.3) is 0 Å². The third-order valence-electron chi connectivity index (χ3n) is 3.20. The lowest BCUT2D eigenvalue weighted by Crippen LogP contribution is -2.29. The van der Waals surface area contributed by atoms with Crippen LogP contribution in [-0.4, -0.2) is 12.1 Å². The molecule has 0 aromatic heterocycles. The standard InChI is InChI=1S/C12H21O2/c1-9(13)14-11-7-5-10(6-8-11)12(2,3)4/h10-11H,1,5-8H2,2-4H3. The molecule has 0 spiro atoms. The first-order chi connectivity index (χ1) is 6.39. The van der Waals surface area contributed by atoms with Crippen LogP contribution in [0.1, 0.15) is 46.5 Å². The molecular weight excluding hydrogens is 176 g/mol. The van der Waals surface area contributed by atoms with Gasteiger partial charge in [-0.25, -0.2) is 0 Å². The summed E-state index contributed by atoms with van der Waals surface area (Å²) in [6, 6.07) is 0. The Balaban J connectivity index is 2.35. The molecule has 0 aromatic carbocycles. The molecule has 1 aliphatic carbocycles. The third kappa shape index (κ3) is 3.32. The van der Waals surface area contributed by atoms with E-state index in [1.807, 2.05) is 0 Å². The minimum atomic E-state index is -0.385. The molecule has 0 atom stereocenters. The normalized spacial score (nSPS) is 28.6. The molecule has 0 unspecified atom stereocenters. The number of hydrogen-bond donors (Lipinski definition) is 0. The second-order valence-electron chi connectivity index (χ2n) is 5.33. The molecule has 0 saturated heterocycles. The summed E-state index contributed by atoms with van der Waals surface area (Å²) in [5, 5.41) is 0. The smallest absolute Gasteiger partial charge is 0.306 e. The zero-order chi connectivity index (χ0) is 10.8. The fraction of sp³-hybridized carbons (Fsp3) is 0.833. The molecule has 0 heterocycles. The molecule has 14 heavy (non-hydrogen) atoms. The summed E-state index contributed by atoms with van der Waals surface area (Å²) in [5.74, 6) is 0.381. The van der Waals surface area contributed by atoms with Gasteiger partial charge in [-0.3, -0.25) is 4.79 Å². The molecule has 0 bridgehead atoms. The Hall–Kier alpha value is -0.530. The van der Waals surface area contributed by atoms with Crippen molar-refractivity contribution in [2.24, 2.45) is 11.3 Å². The maximum atomic E-state index is 10.7. The van der Waals surface area contributed by atoms with Crippen molar-refractivity contribution in [2.45, 2.75) is 52.6 Å². The lowest BCUT2D eigenvalue weighted by atomic mass is 9.72. The van der Waals surface area contributed by atoms with Gasteiger partial charge < -0.3 is 4.74 Å². The quantitative estimate of drug-likeness (QED) is 0.604. The number of esters is 1. The summed E-state index contributed by atoms with van der Waals surface area (Å²) in [7, 11) is 0. The first-order valence-electron chi connectivity index (χ1n) is 5.42. The van der Waals surface area contributed by atoms with E-state index < -0.39 is 0 Å². The number of carbonyl (C=O) groups excluding carboxylic acids is 1. The van der Waals surface area contributed by atoms with Gasteiger partial charge in [-0.05, 0) is 37.0 Å². The van der Waals surface area contributed by atoms with Gasteiger partial charge >= 0.3 is 5.97 Å². The Morgan fingerprint density at radius 2 is 1.71 bits per heavy atom. The zero-order valence-electron chi connectivity index (χ0n) is 9.51. The molecule has 81 valence electrons. The molecule has 2 nitrogen and oxygen atoms in total. The second kappa shape index (κ2) is 4.33. The number of rotatable bonds is 1. The highest BCUT2D eigenvalue weighted by Crippen LogP contribution is 2.38. The number of hydrogen-bond acceptors (Lipinski definition) is 2. The molecule has 0 amide bonds. The van der Waals surface area contributed by atoms with Gasteiger partial charge in [0.15, 0.2) is 0 Å². The van der Waals surface area contributed by atoms with E-state index in [9.17, 15) is 4.79 Å². The van der Waals surface area contributed by atoms with Gasteiger partial charge in [0.05, 0.1) is 6.92 Å². The van der Waals surface area contributed by atoms with Crippen LogP contribution in [0, 0.1) is 18.3 Å². The second-order valence-corrected chi connectivity index (χ2v) is 5.33. The Bertz CT molecular complexity index is 195. The molecule has 2 heteroatoms. The maximum Gasteiger partial charge on any atom is 0.306 e. The minimum absolute atomic E-state index is 0.124. The van der Waals surface area contributed by atoms with Crippen LogP contribution in [0.3, 0.4) is 0 Å². The van der Waals surface area contributed by atoms with Gasteiger partial charge in [0, 0.05) is 0 Å². The van der Waals surface area contributed by atoms with E-state index in [4.69, 9.17) is 4.74 Å². The topological polar surface area (TPSA) is 26.3 Å². The van der Waals surface area contributed by atoms with Crippen molar-refractivity contribution in [3.8, 4) is 0 Å². The fourth-order valence-corrected chi connectivity index (χ4v) is 2.23. The van der Waals surface area contributed by atoms with Gasteiger partial charge in [-0.1, -0.05) is 20.8 Å². The molecule has 0 aliphatic heterocycles. The average molecular weight is 197 g/mol. The Kier molecular flexibility index (Phi) is 3.57. The maximum absolute atomic E-state index is 10.7. The van der Waals surface area contributed by atoms with E-state index in [1.165, 1.54) is 12.8 Å². The van der Waals surface area contributed by atoms with E-state index in [0.29, 0.717) is 5.41 Å². The summed E-state index contributed by atoms with van der Waals surface area (Å²) in [6.07, 6.45) is 4.47. The summed E-state index contributed by atoms with van der Waals surface area (Å²) >= 11 is 0. The van der Waals surface area contributed by atoms with Crippen molar-refractivity contribution >= 4 is 5.97 Å². The summed E-state index contributed by atoms with van der Waals surface area (Å²) in [5.41, 5.74) is 0.388. The van der Waals surface area contributed by atoms with Crippen LogP contribution < -0.4 is 0 Å². The van der Waals surface area contributed by atoms with Crippen molar-refractivity contribution in [1.29, 1.82) is 0 Å². The largest absolute Gasteiger partial charge is 0.462 e. The van der Waals surface area contributed by atoms with E-state index in [2.05, 4.69) is 27.7 Å². The molecule has 1 rings (SSSR count). The molecule has 0 N–H and O–H groups in total. The SMILES string of the molecule is [CH2]C(=O)OC1CCC(C(C)(C)C)CC1. The molecule has 0 aromatic rings. The monoisotopic (exact) mass is 197 g/mol. The zero-order valence-corrected chi connectivity index (χ0v) is 9.51. The van der Waals surface area contributed by atoms with Crippen LogP contribution in [0.25, 0.3) is 0 Å². The average Bonchev–Trinajstić information content (AvgIpc) is 2.02. The van der Waals surface area contributed by atoms with Crippen LogP contribution in [-0.2, 0) is 9.53 Å². The van der Waals surface area contributed by atoms with Crippen LogP contribution >= 0.6 is 0 Å². The van der Waals surface area contributed by atoms with E-state index >= 15 is 0 Å². The molecule has 1 aliphatic rings. The summed E-state index contributed by atoms with van der Waals surface area (Å²) in [6.45, 7) is 10.1. The number of ether oxygens (including phenoxy) is 1. The van der Waals surface area contributed by atoms with Gasteiger partial charge in [-0.15, -0.1) is 0 Å². The molecular formula is C12H21O2. The Morgan fingerprint density at radius 3 is 2.07 bits per heavy atom. The van der Waals surface area contributed by atoms with Gasteiger partial charge in [0.2, 0.25) is 0 Å². The minimum Gasteiger partial charge on any atom is -0.462 e. The molecule has 1 fully saturated rings. The Morgan fingerprint density at radius 1 is 1.21 bits per heavy atom. The van der Waals surface area contributed by atoms with Crippen LogP contribution in [0.5, 0.6) is 0 Å². The molecule has 1 radical (unpaired) electrons. The highest BCUT2D eigenvalue weighted by molar-refractivity contribution is 5.73. The van der Waals surface area contributed by atoms with Crippen molar-refractivity contribution in [2.75, 3.05) is 0 Å². The van der Waals surface area contributed by atoms with E-state index in [-0.39, 0.29) is 12.1 Å². The third-order valence-corrected chi connectivity index (χ3v) is 3.20. The first kappa shape index (κ1) is 11.5. The Labute approximate surface area is 87.0 Å². The van der Waals surface area contributed by atoms with Gasteiger partial charge in [-0.2, -0.15) is 0 Å². The van der Waals surface area contributed by atoms with Crippen LogP contribution in [0.2, 0.25) is 0 Å². The molecule has 1 saturated carbocycles. The fourth-order valence-electron chi connectivity index (χ4n) is 2.23. The van der Waals surface area contributed by atoms with E-state index in [0.717, 1.165) is 18.8 Å². The highest BCUT2D eigenvalue weighted by atomic mass is 16.5. The van der Waals surface area contributed by atoms with E-state index in [1.54, 1.807) is 0 Å². The first-order valence-corrected chi connectivity index (χ1v) is 5.42. The highest BCUT2D eigenvalue weighted by Gasteiger charge is 2.30. The van der Waals surface area contributed by atoms with Crippen molar-refractivity contribution in [3.63, 3.8) is 0 Å². The van der Waals surface area contributed by atoms with Gasteiger partial charge in [0.1, 0.15) is 6.10 Å². The van der Waals surface area contributed by atoms with Crippen molar-refractivity contribution in [1.82, 2.24) is 0 Å².